The number of hydrogen-bond donors (Lipinski definition) is 1. The van der Waals surface area contributed by atoms with E-state index in [1.54, 1.807) is 0 Å². The third kappa shape index (κ3) is 2.85. The zero-order chi connectivity index (χ0) is 13.8. The largest absolute Gasteiger partial charge is 0.310 e. The van der Waals surface area contributed by atoms with E-state index in [4.69, 9.17) is 0 Å². The highest BCUT2D eigenvalue weighted by molar-refractivity contribution is 5.85. The molecule has 1 unspecified atom stereocenters. The summed E-state index contributed by atoms with van der Waals surface area (Å²) in [5, 5.41) is 6.28. The van der Waals surface area contributed by atoms with Crippen molar-refractivity contribution >= 4 is 10.8 Å². The summed E-state index contributed by atoms with van der Waals surface area (Å²) in [6, 6.07) is 9.05. The van der Waals surface area contributed by atoms with E-state index in [0.29, 0.717) is 6.04 Å². The Balaban J connectivity index is 1.91. The van der Waals surface area contributed by atoms with Gasteiger partial charge in [-0.25, -0.2) is 0 Å². The van der Waals surface area contributed by atoms with E-state index in [1.807, 2.05) is 6.20 Å². The van der Waals surface area contributed by atoms with E-state index in [0.717, 1.165) is 12.5 Å². The molecule has 3 rings (SSSR count). The molecular weight excluding hydrogens is 244 g/mol. The van der Waals surface area contributed by atoms with Crippen LogP contribution >= 0.6 is 0 Å². The van der Waals surface area contributed by atoms with Gasteiger partial charge in [0.1, 0.15) is 0 Å². The topological polar surface area (TPSA) is 24.9 Å². The van der Waals surface area contributed by atoms with Crippen LogP contribution in [0, 0.1) is 5.92 Å². The van der Waals surface area contributed by atoms with Gasteiger partial charge in [-0.1, -0.05) is 56.9 Å². The molecule has 0 spiro atoms. The number of hydrogen-bond acceptors (Lipinski definition) is 2. The van der Waals surface area contributed by atoms with Gasteiger partial charge in [0.05, 0.1) is 0 Å². The molecular formula is C18H24N2. The SMILES string of the molecule is CCNC(CC1CCCC1)c1cncc2ccccc12. The van der Waals surface area contributed by atoms with Crippen molar-refractivity contribution in [3.63, 3.8) is 0 Å². The van der Waals surface area contributed by atoms with Crippen LogP contribution in [-0.4, -0.2) is 11.5 Å². The molecule has 0 radical (unpaired) electrons. The van der Waals surface area contributed by atoms with Crippen molar-refractivity contribution in [1.82, 2.24) is 10.3 Å². The molecule has 2 nitrogen and oxygen atoms in total. The smallest absolute Gasteiger partial charge is 0.0346 e. The molecule has 0 bridgehead atoms. The van der Waals surface area contributed by atoms with E-state index < -0.39 is 0 Å². The molecule has 1 fully saturated rings. The average molecular weight is 268 g/mol. The molecule has 1 aromatic carbocycles. The Morgan fingerprint density at radius 2 is 2.00 bits per heavy atom. The summed E-state index contributed by atoms with van der Waals surface area (Å²) >= 11 is 0. The number of aromatic nitrogens is 1. The second-order valence-corrected chi connectivity index (χ2v) is 5.95. The molecule has 1 N–H and O–H groups in total. The second kappa shape index (κ2) is 6.36. The lowest BCUT2D eigenvalue weighted by Crippen LogP contribution is -2.23. The third-order valence-corrected chi connectivity index (χ3v) is 4.57. The molecule has 2 heteroatoms. The third-order valence-electron chi connectivity index (χ3n) is 4.57. The van der Waals surface area contributed by atoms with Gasteiger partial charge in [0.25, 0.3) is 0 Å². The van der Waals surface area contributed by atoms with Crippen molar-refractivity contribution < 1.29 is 0 Å². The van der Waals surface area contributed by atoms with Gasteiger partial charge >= 0.3 is 0 Å². The zero-order valence-electron chi connectivity index (χ0n) is 12.3. The van der Waals surface area contributed by atoms with Gasteiger partial charge in [0, 0.05) is 23.8 Å². The van der Waals surface area contributed by atoms with E-state index in [2.05, 4.69) is 47.7 Å². The molecule has 2 aromatic rings. The van der Waals surface area contributed by atoms with E-state index in [1.165, 1.54) is 48.4 Å². The highest BCUT2D eigenvalue weighted by Crippen LogP contribution is 2.34. The van der Waals surface area contributed by atoms with Gasteiger partial charge in [-0.2, -0.15) is 0 Å². The Hall–Kier alpha value is -1.41. The quantitative estimate of drug-likeness (QED) is 0.865. The second-order valence-electron chi connectivity index (χ2n) is 5.95. The molecule has 1 aliphatic carbocycles. The molecule has 0 saturated heterocycles. The molecule has 1 saturated carbocycles. The Bertz CT molecular complexity index is 553. The predicted molar refractivity (Wildman–Crippen MR) is 84.7 cm³/mol. The number of nitrogens with zero attached hydrogens (tertiary/aromatic N) is 1. The van der Waals surface area contributed by atoms with Crippen molar-refractivity contribution in [3.05, 3.63) is 42.2 Å². The summed E-state index contributed by atoms with van der Waals surface area (Å²) < 4.78 is 0. The first-order valence-electron chi connectivity index (χ1n) is 7.94. The molecule has 1 aliphatic rings. The van der Waals surface area contributed by atoms with Crippen LogP contribution in [0.1, 0.15) is 50.6 Å². The van der Waals surface area contributed by atoms with Gasteiger partial charge in [0.2, 0.25) is 0 Å². The van der Waals surface area contributed by atoms with Crippen molar-refractivity contribution in [3.8, 4) is 0 Å². The maximum atomic E-state index is 4.45. The fraction of sp³-hybridized carbons (Fsp3) is 0.500. The summed E-state index contributed by atoms with van der Waals surface area (Å²) in [5.74, 6) is 0.887. The molecule has 0 aliphatic heterocycles. The molecule has 1 aromatic heterocycles. The van der Waals surface area contributed by atoms with Crippen LogP contribution in [-0.2, 0) is 0 Å². The maximum absolute atomic E-state index is 4.45. The van der Waals surface area contributed by atoms with Crippen LogP contribution in [0.4, 0.5) is 0 Å². The van der Waals surface area contributed by atoms with Gasteiger partial charge in [-0.05, 0) is 29.8 Å². The number of rotatable bonds is 5. The summed E-state index contributed by atoms with van der Waals surface area (Å²) in [6.07, 6.45) is 10.9. The number of fused-ring (bicyclic) bond motifs is 1. The lowest BCUT2D eigenvalue weighted by molar-refractivity contribution is 0.402. The van der Waals surface area contributed by atoms with Crippen LogP contribution in [0.5, 0.6) is 0 Å². The predicted octanol–water partition coefficient (Wildman–Crippen LogP) is 4.47. The van der Waals surface area contributed by atoms with Gasteiger partial charge in [-0.3, -0.25) is 4.98 Å². The minimum absolute atomic E-state index is 0.446. The van der Waals surface area contributed by atoms with Crippen molar-refractivity contribution in [2.45, 2.75) is 45.1 Å². The molecule has 0 amide bonds. The van der Waals surface area contributed by atoms with Crippen LogP contribution in [0.3, 0.4) is 0 Å². The van der Waals surface area contributed by atoms with Crippen molar-refractivity contribution in [2.75, 3.05) is 6.54 Å². The van der Waals surface area contributed by atoms with Crippen LogP contribution in [0.15, 0.2) is 36.7 Å². The first-order valence-corrected chi connectivity index (χ1v) is 7.94. The van der Waals surface area contributed by atoms with Gasteiger partial charge in [0.15, 0.2) is 0 Å². The summed E-state index contributed by atoms with van der Waals surface area (Å²) in [5.41, 5.74) is 1.37. The molecule has 20 heavy (non-hydrogen) atoms. The Morgan fingerprint density at radius 1 is 1.20 bits per heavy atom. The number of benzene rings is 1. The lowest BCUT2D eigenvalue weighted by Gasteiger charge is -2.23. The fourth-order valence-corrected chi connectivity index (χ4v) is 3.56. The van der Waals surface area contributed by atoms with E-state index in [9.17, 15) is 0 Å². The van der Waals surface area contributed by atoms with E-state index in [-0.39, 0.29) is 0 Å². The summed E-state index contributed by atoms with van der Waals surface area (Å²) in [7, 11) is 0. The summed E-state index contributed by atoms with van der Waals surface area (Å²) in [6.45, 7) is 3.21. The number of nitrogens with one attached hydrogen (secondary N) is 1. The Labute approximate surface area is 121 Å². The highest BCUT2D eigenvalue weighted by atomic mass is 14.9. The maximum Gasteiger partial charge on any atom is 0.0346 e. The summed E-state index contributed by atoms with van der Waals surface area (Å²) in [4.78, 5) is 4.45. The normalized spacial score (nSPS) is 17.6. The molecule has 106 valence electrons. The average Bonchev–Trinajstić information content (AvgIpc) is 2.99. The highest BCUT2D eigenvalue weighted by Gasteiger charge is 2.22. The first kappa shape index (κ1) is 13.6. The van der Waals surface area contributed by atoms with Gasteiger partial charge < -0.3 is 5.32 Å². The lowest BCUT2D eigenvalue weighted by atomic mass is 9.92. The fourth-order valence-electron chi connectivity index (χ4n) is 3.56. The Kier molecular flexibility index (Phi) is 4.31. The minimum Gasteiger partial charge on any atom is -0.310 e. The van der Waals surface area contributed by atoms with Crippen molar-refractivity contribution in [1.29, 1.82) is 0 Å². The molecule has 1 heterocycles. The van der Waals surface area contributed by atoms with Crippen LogP contribution in [0.2, 0.25) is 0 Å². The molecule has 1 atom stereocenters. The van der Waals surface area contributed by atoms with Crippen LogP contribution in [0.25, 0.3) is 10.8 Å². The zero-order valence-corrected chi connectivity index (χ0v) is 12.3. The monoisotopic (exact) mass is 268 g/mol. The number of pyridine rings is 1. The Morgan fingerprint density at radius 3 is 2.80 bits per heavy atom. The van der Waals surface area contributed by atoms with Gasteiger partial charge in [-0.15, -0.1) is 0 Å². The standard InChI is InChI=1S/C18H24N2/c1-2-20-18(11-14-7-3-4-8-14)17-13-19-12-15-9-5-6-10-16(15)17/h5-6,9-10,12-14,18,20H,2-4,7-8,11H2,1H3. The van der Waals surface area contributed by atoms with E-state index >= 15 is 0 Å². The van der Waals surface area contributed by atoms with Crippen molar-refractivity contribution in [2.24, 2.45) is 5.92 Å². The van der Waals surface area contributed by atoms with Crippen LogP contribution < -0.4 is 5.32 Å². The first-order chi connectivity index (χ1) is 9.88. The minimum atomic E-state index is 0.446.